The van der Waals surface area contributed by atoms with Crippen LogP contribution in [0.2, 0.25) is 0 Å². The van der Waals surface area contributed by atoms with E-state index in [0.29, 0.717) is 0 Å². The topological polar surface area (TPSA) is 41.6 Å². The van der Waals surface area contributed by atoms with Gasteiger partial charge in [0.25, 0.3) is 5.91 Å². The van der Waals surface area contributed by atoms with Crippen molar-refractivity contribution in [2.24, 2.45) is 0 Å². The number of hydrogen-bond donors (Lipinski definition) is 1. The number of benzene rings is 2. The number of hydrogen-bond acceptors (Lipinski definition) is 5. The van der Waals surface area contributed by atoms with E-state index in [1.165, 1.54) is 15.9 Å². The molecule has 1 amide bonds. The van der Waals surface area contributed by atoms with Crippen molar-refractivity contribution >= 4 is 29.6 Å². The molecular formula is C22H26F2N2O2S2. The molecule has 0 aromatic heterocycles. The minimum absolute atomic E-state index is 0.0363. The molecule has 0 atom stereocenters. The van der Waals surface area contributed by atoms with E-state index >= 15 is 0 Å². The molecule has 1 heterocycles. The second-order valence-electron chi connectivity index (χ2n) is 7.63. The highest BCUT2D eigenvalue weighted by Crippen LogP contribution is 2.28. The van der Waals surface area contributed by atoms with Crippen molar-refractivity contribution < 1.29 is 18.3 Å². The number of halogens is 2. The summed E-state index contributed by atoms with van der Waals surface area (Å²) in [6.45, 7) is 4.87. The first-order valence-corrected chi connectivity index (χ1v) is 11.8. The van der Waals surface area contributed by atoms with Gasteiger partial charge in [0.05, 0.1) is 0 Å². The first-order chi connectivity index (χ1) is 14.3. The molecule has 2 aromatic rings. The third-order valence-corrected chi connectivity index (χ3v) is 6.74. The summed E-state index contributed by atoms with van der Waals surface area (Å²) in [5, 5.41) is 3.01. The highest BCUT2D eigenvalue weighted by atomic mass is 32.2. The molecule has 4 nitrogen and oxygen atoms in total. The van der Waals surface area contributed by atoms with E-state index in [1.807, 2.05) is 0 Å². The van der Waals surface area contributed by atoms with Gasteiger partial charge in [-0.05, 0) is 81.3 Å². The zero-order valence-electron chi connectivity index (χ0n) is 17.3. The Morgan fingerprint density at radius 2 is 1.73 bits per heavy atom. The van der Waals surface area contributed by atoms with Crippen LogP contribution in [0.15, 0.2) is 52.3 Å². The zero-order chi connectivity index (χ0) is 21.7. The number of nitrogens with zero attached hydrogens (tertiary/aromatic N) is 1. The highest BCUT2D eigenvalue weighted by molar-refractivity contribution is 7.98. The standard InChI is InChI=1S/C22H26F2N2O2S2/c1-22(2,28-20-9-4-15(23)14-19(20)24)21(27)25-16-10-12-26(13-11-16)30-18-7-5-17(29-3)6-8-18/h4-9,14,16H,10-13H2,1-3H3,(H,25,27). The molecule has 0 spiro atoms. The van der Waals surface area contributed by atoms with Gasteiger partial charge in [-0.3, -0.25) is 4.79 Å². The van der Waals surface area contributed by atoms with E-state index in [-0.39, 0.29) is 17.7 Å². The number of carbonyl (C=O) groups is 1. The molecule has 1 aliphatic heterocycles. The van der Waals surface area contributed by atoms with Crippen molar-refractivity contribution in [3.63, 3.8) is 0 Å². The minimum Gasteiger partial charge on any atom is -0.475 e. The van der Waals surface area contributed by atoms with Crippen molar-refractivity contribution in [3.8, 4) is 5.75 Å². The van der Waals surface area contributed by atoms with Gasteiger partial charge >= 0.3 is 0 Å². The molecule has 30 heavy (non-hydrogen) atoms. The van der Waals surface area contributed by atoms with Crippen LogP contribution in [0, 0.1) is 11.6 Å². The fourth-order valence-electron chi connectivity index (χ4n) is 3.12. The molecule has 3 rings (SSSR count). The average Bonchev–Trinajstić information content (AvgIpc) is 2.72. The Kier molecular flexibility index (Phi) is 7.65. The van der Waals surface area contributed by atoms with Crippen LogP contribution in [0.1, 0.15) is 26.7 Å². The van der Waals surface area contributed by atoms with Crippen LogP contribution < -0.4 is 10.1 Å². The summed E-state index contributed by atoms with van der Waals surface area (Å²) in [7, 11) is 0. The summed E-state index contributed by atoms with van der Waals surface area (Å²) in [4.78, 5) is 15.1. The minimum atomic E-state index is -1.27. The number of amides is 1. The van der Waals surface area contributed by atoms with Crippen molar-refractivity contribution in [2.45, 2.75) is 48.1 Å². The van der Waals surface area contributed by atoms with Gasteiger partial charge in [0.15, 0.2) is 17.2 Å². The number of nitrogens with one attached hydrogen (secondary N) is 1. The summed E-state index contributed by atoms with van der Waals surface area (Å²) >= 11 is 3.45. The van der Waals surface area contributed by atoms with Crippen LogP contribution in [-0.4, -0.2) is 41.2 Å². The number of carbonyl (C=O) groups excluding carboxylic acids is 1. The Morgan fingerprint density at radius 3 is 2.33 bits per heavy atom. The number of rotatable bonds is 7. The van der Waals surface area contributed by atoms with Gasteiger partial charge in [0, 0.05) is 35.0 Å². The molecule has 0 saturated carbocycles. The Morgan fingerprint density at radius 1 is 1.10 bits per heavy atom. The monoisotopic (exact) mass is 452 g/mol. The molecule has 8 heteroatoms. The Labute approximate surface area is 184 Å². The summed E-state index contributed by atoms with van der Waals surface area (Å²) < 4.78 is 34.8. The predicted molar refractivity (Wildman–Crippen MR) is 118 cm³/mol. The van der Waals surface area contributed by atoms with Crippen molar-refractivity contribution in [3.05, 3.63) is 54.1 Å². The fraction of sp³-hybridized carbons (Fsp3) is 0.409. The van der Waals surface area contributed by atoms with Crippen molar-refractivity contribution in [1.82, 2.24) is 9.62 Å². The maximum atomic E-state index is 13.9. The van der Waals surface area contributed by atoms with E-state index in [2.05, 4.69) is 40.1 Å². The largest absolute Gasteiger partial charge is 0.475 e. The van der Waals surface area contributed by atoms with Crippen LogP contribution in [0.25, 0.3) is 0 Å². The zero-order valence-corrected chi connectivity index (χ0v) is 18.9. The number of thioether (sulfide) groups is 1. The quantitative estimate of drug-likeness (QED) is 0.466. The second kappa shape index (κ2) is 10.0. The SMILES string of the molecule is CSc1ccc(SN2CCC(NC(=O)C(C)(C)Oc3ccc(F)cc3F)CC2)cc1. The molecular weight excluding hydrogens is 426 g/mol. The summed E-state index contributed by atoms with van der Waals surface area (Å²) in [5.74, 6) is -1.97. The van der Waals surface area contributed by atoms with Crippen LogP contribution >= 0.6 is 23.7 Å². The van der Waals surface area contributed by atoms with Gasteiger partial charge in [0.2, 0.25) is 0 Å². The van der Waals surface area contributed by atoms with Crippen LogP contribution in [0.4, 0.5) is 8.78 Å². The van der Waals surface area contributed by atoms with Gasteiger partial charge in [-0.15, -0.1) is 11.8 Å². The molecule has 1 fully saturated rings. The van der Waals surface area contributed by atoms with Crippen LogP contribution in [-0.2, 0) is 4.79 Å². The predicted octanol–water partition coefficient (Wildman–Crippen LogP) is 5.13. The summed E-state index contributed by atoms with van der Waals surface area (Å²) in [6.07, 6.45) is 3.70. The molecule has 0 radical (unpaired) electrons. The van der Waals surface area contributed by atoms with Crippen molar-refractivity contribution in [1.29, 1.82) is 0 Å². The Balaban J connectivity index is 1.48. The van der Waals surface area contributed by atoms with E-state index in [4.69, 9.17) is 4.74 Å². The second-order valence-corrected chi connectivity index (χ2v) is 9.68. The molecule has 1 saturated heterocycles. The summed E-state index contributed by atoms with van der Waals surface area (Å²) in [6, 6.07) is 11.6. The fourth-order valence-corrected chi connectivity index (χ4v) is 4.47. The first kappa shape index (κ1) is 22.9. The number of ether oxygens (including phenoxy) is 1. The molecule has 162 valence electrons. The third kappa shape index (κ3) is 6.12. The van der Waals surface area contributed by atoms with Gasteiger partial charge in [-0.2, -0.15) is 0 Å². The van der Waals surface area contributed by atoms with Gasteiger partial charge in [0.1, 0.15) is 5.82 Å². The number of piperidine rings is 1. The molecule has 1 N–H and O–H groups in total. The van der Waals surface area contributed by atoms with Crippen LogP contribution in [0.3, 0.4) is 0 Å². The highest BCUT2D eigenvalue weighted by Gasteiger charge is 2.33. The van der Waals surface area contributed by atoms with E-state index in [0.717, 1.165) is 38.1 Å². The molecule has 2 aromatic carbocycles. The van der Waals surface area contributed by atoms with E-state index < -0.39 is 17.2 Å². The maximum absolute atomic E-state index is 13.9. The maximum Gasteiger partial charge on any atom is 0.263 e. The summed E-state index contributed by atoms with van der Waals surface area (Å²) in [5.41, 5.74) is -1.27. The lowest BCUT2D eigenvalue weighted by atomic mass is 10.0. The Hall–Kier alpha value is -1.77. The third-order valence-electron chi connectivity index (χ3n) is 4.89. The van der Waals surface area contributed by atoms with Gasteiger partial charge in [-0.25, -0.2) is 13.1 Å². The Bertz CT molecular complexity index is 870. The lowest BCUT2D eigenvalue weighted by molar-refractivity contribution is -0.135. The molecule has 0 aliphatic carbocycles. The molecule has 0 unspecified atom stereocenters. The van der Waals surface area contributed by atoms with Gasteiger partial charge < -0.3 is 10.1 Å². The van der Waals surface area contributed by atoms with Crippen molar-refractivity contribution in [2.75, 3.05) is 19.3 Å². The van der Waals surface area contributed by atoms with E-state index in [1.54, 1.807) is 37.6 Å². The average molecular weight is 453 g/mol. The van der Waals surface area contributed by atoms with E-state index in [9.17, 15) is 13.6 Å². The normalized spacial score (nSPS) is 15.8. The van der Waals surface area contributed by atoms with Crippen LogP contribution in [0.5, 0.6) is 5.75 Å². The smallest absolute Gasteiger partial charge is 0.263 e. The lowest BCUT2D eigenvalue weighted by Gasteiger charge is -2.33. The van der Waals surface area contributed by atoms with Gasteiger partial charge in [-0.1, -0.05) is 0 Å². The lowest BCUT2D eigenvalue weighted by Crippen LogP contribution is -2.52. The molecule has 0 bridgehead atoms. The molecule has 1 aliphatic rings. The first-order valence-electron chi connectivity index (χ1n) is 9.79.